The van der Waals surface area contributed by atoms with Crippen LogP contribution >= 0.6 is 0 Å². The van der Waals surface area contributed by atoms with Gasteiger partial charge in [-0.25, -0.2) is 4.79 Å². The van der Waals surface area contributed by atoms with Crippen LogP contribution in [0.25, 0.3) is 0 Å². The first kappa shape index (κ1) is 22.8. The summed E-state index contributed by atoms with van der Waals surface area (Å²) >= 11 is 0. The summed E-state index contributed by atoms with van der Waals surface area (Å²) in [6.45, 7) is 12.6. The Morgan fingerprint density at radius 2 is 1.59 bits per heavy atom. The van der Waals surface area contributed by atoms with Crippen LogP contribution in [0.15, 0.2) is 66.9 Å². The van der Waals surface area contributed by atoms with E-state index in [1.165, 1.54) is 5.56 Å². The average molecular weight is 412 g/mol. The Kier molecular flexibility index (Phi) is 7.30. The Morgan fingerprint density at radius 1 is 1.00 bits per heavy atom. The van der Waals surface area contributed by atoms with Crippen LogP contribution in [0, 0.1) is 0 Å². The molecule has 0 radical (unpaired) electrons. The van der Waals surface area contributed by atoms with Crippen LogP contribution in [-0.2, 0) is 4.74 Å². The van der Waals surface area contributed by atoms with Gasteiger partial charge in [0.1, 0.15) is 11.4 Å². The van der Waals surface area contributed by atoms with Crippen molar-refractivity contribution in [2.75, 3.05) is 12.0 Å². The molecule has 0 aromatic heterocycles. The molecule has 0 N–H and O–H groups in total. The first-order valence-electron chi connectivity index (χ1n) is 9.91. The molecule has 2 aromatic carbocycles. The van der Waals surface area contributed by atoms with Crippen LogP contribution in [-0.4, -0.2) is 26.9 Å². The highest BCUT2D eigenvalue weighted by atomic mass is 28.3. The number of carbonyl (C=O) groups is 1. The van der Waals surface area contributed by atoms with Crippen molar-refractivity contribution in [3.8, 4) is 5.75 Å². The molecule has 1 amide bonds. The Balaban J connectivity index is 2.42. The summed E-state index contributed by atoms with van der Waals surface area (Å²) in [5.74, 6) is 0.742. The number of methoxy groups -OCH3 is 1. The molecule has 2 aromatic rings. The minimum absolute atomic E-state index is 0.270. The number of rotatable bonds is 6. The van der Waals surface area contributed by atoms with Crippen LogP contribution in [0.3, 0.4) is 0 Å². The smallest absolute Gasteiger partial charge is 0.418 e. The van der Waals surface area contributed by atoms with Crippen molar-refractivity contribution in [3.63, 3.8) is 0 Å². The molecule has 29 heavy (non-hydrogen) atoms. The molecule has 0 aliphatic carbocycles. The normalized spacial score (nSPS) is 13.2. The van der Waals surface area contributed by atoms with E-state index < -0.39 is 19.8 Å². The van der Waals surface area contributed by atoms with Gasteiger partial charge in [-0.15, -0.1) is 0 Å². The standard InChI is InChI=1S/C24H33NO3Si/c1-24(2,3)28-23(26)25(20-13-15-21(27-4)16-14-20)18-17-22(29(5,6)7)19-11-9-8-10-12-19/h8-18,22H,1-7H3/b18-17+/t22-/m1/s1. The molecule has 0 spiro atoms. The van der Waals surface area contributed by atoms with E-state index in [-0.39, 0.29) is 5.54 Å². The Hall–Kier alpha value is -2.53. The molecule has 4 nitrogen and oxygen atoms in total. The van der Waals surface area contributed by atoms with E-state index in [2.05, 4.69) is 50.0 Å². The van der Waals surface area contributed by atoms with Gasteiger partial charge in [-0.1, -0.05) is 56.0 Å². The summed E-state index contributed by atoms with van der Waals surface area (Å²) in [5, 5.41) is 0. The number of nitrogens with zero attached hydrogens (tertiary/aromatic N) is 1. The molecule has 0 unspecified atom stereocenters. The van der Waals surface area contributed by atoms with Crippen molar-refractivity contribution in [2.45, 2.75) is 51.6 Å². The minimum Gasteiger partial charge on any atom is -0.497 e. The lowest BCUT2D eigenvalue weighted by atomic mass is 10.1. The highest BCUT2D eigenvalue weighted by molar-refractivity contribution is 6.78. The van der Waals surface area contributed by atoms with Crippen molar-refractivity contribution in [3.05, 3.63) is 72.4 Å². The molecule has 0 aliphatic rings. The van der Waals surface area contributed by atoms with Crippen molar-refractivity contribution < 1.29 is 14.3 Å². The molecule has 0 heterocycles. The van der Waals surface area contributed by atoms with Gasteiger partial charge in [0, 0.05) is 6.20 Å². The predicted molar refractivity (Wildman–Crippen MR) is 123 cm³/mol. The second-order valence-corrected chi connectivity index (χ2v) is 14.5. The number of hydrogen-bond acceptors (Lipinski definition) is 3. The van der Waals surface area contributed by atoms with Crippen molar-refractivity contribution in [1.82, 2.24) is 0 Å². The number of ether oxygens (including phenoxy) is 2. The summed E-state index contributed by atoms with van der Waals surface area (Å²) in [7, 11) is 0.0468. The fourth-order valence-electron chi connectivity index (χ4n) is 3.04. The zero-order chi connectivity index (χ0) is 21.7. The van der Waals surface area contributed by atoms with Gasteiger partial charge in [-0.2, -0.15) is 0 Å². The van der Waals surface area contributed by atoms with Gasteiger partial charge in [-0.3, -0.25) is 4.90 Å². The fraction of sp³-hybridized carbons (Fsp3) is 0.375. The van der Waals surface area contributed by atoms with Crippen LogP contribution in [0.4, 0.5) is 10.5 Å². The van der Waals surface area contributed by atoms with E-state index >= 15 is 0 Å². The van der Waals surface area contributed by atoms with Crippen LogP contribution in [0.2, 0.25) is 19.6 Å². The topological polar surface area (TPSA) is 38.8 Å². The van der Waals surface area contributed by atoms with Gasteiger partial charge in [0.15, 0.2) is 0 Å². The lowest BCUT2D eigenvalue weighted by Gasteiger charge is -2.29. The number of anilines is 1. The van der Waals surface area contributed by atoms with E-state index in [9.17, 15) is 4.79 Å². The van der Waals surface area contributed by atoms with E-state index in [1.54, 1.807) is 12.0 Å². The Morgan fingerprint density at radius 3 is 2.07 bits per heavy atom. The van der Waals surface area contributed by atoms with Crippen LogP contribution < -0.4 is 9.64 Å². The Labute approximate surface area is 176 Å². The van der Waals surface area contributed by atoms with Crippen molar-refractivity contribution in [2.24, 2.45) is 0 Å². The van der Waals surface area contributed by atoms with E-state index in [0.717, 1.165) is 11.4 Å². The number of carbonyl (C=O) groups excluding carboxylic acids is 1. The minimum atomic E-state index is -1.58. The molecule has 0 saturated carbocycles. The van der Waals surface area contributed by atoms with Crippen molar-refractivity contribution in [1.29, 1.82) is 0 Å². The predicted octanol–water partition coefficient (Wildman–Crippen LogP) is 6.61. The fourth-order valence-corrected chi connectivity index (χ4v) is 4.89. The second kappa shape index (κ2) is 9.31. The third-order valence-electron chi connectivity index (χ3n) is 4.46. The summed E-state index contributed by atoms with van der Waals surface area (Å²) in [6.07, 6.45) is 3.59. The summed E-state index contributed by atoms with van der Waals surface area (Å²) in [6, 6.07) is 17.9. The van der Waals surface area contributed by atoms with Gasteiger partial charge >= 0.3 is 6.09 Å². The van der Waals surface area contributed by atoms with E-state index in [1.807, 2.05) is 57.3 Å². The first-order chi connectivity index (χ1) is 13.5. The third-order valence-corrected chi connectivity index (χ3v) is 6.85. The molecule has 0 saturated heterocycles. The molecule has 156 valence electrons. The van der Waals surface area contributed by atoms with Crippen molar-refractivity contribution >= 4 is 19.9 Å². The first-order valence-corrected chi connectivity index (χ1v) is 13.5. The number of benzene rings is 2. The monoisotopic (exact) mass is 411 g/mol. The van der Waals surface area contributed by atoms with Crippen LogP contribution in [0.5, 0.6) is 5.75 Å². The maximum Gasteiger partial charge on any atom is 0.418 e. The average Bonchev–Trinajstić information content (AvgIpc) is 2.63. The molecular weight excluding hydrogens is 378 g/mol. The summed E-state index contributed by atoms with van der Waals surface area (Å²) in [5.41, 5.74) is 1.69. The van der Waals surface area contributed by atoms with Crippen LogP contribution in [0.1, 0.15) is 31.9 Å². The lowest BCUT2D eigenvalue weighted by molar-refractivity contribution is 0.0596. The molecule has 5 heteroatoms. The zero-order valence-corrected chi connectivity index (χ0v) is 19.6. The van der Waals surface area contributed by atoms with Gasteiger partial charge in [-0.05, 0) is 56.1 Å². The molecule has 1 atom stereocenters. The largest absolute Gasteiger partial charge is 0.497 e. The van der Waals surface area contributed by atoms with Gasteiger partial charge < -0.3 is 9.47 Å². The highest BCUT2D eigenvalue weighted by Gasteiger charge is 2.27. The number of hydrogen-bond donors (Lipinski definition) is 0. The highest BCUT2D eigenvalue weighted by Crippen LogP contribution is 2.30. The lowest BCUT2D eigenvalue weighted by Crippen LogP contribution is -2.34. The summed E-state index contributed by atoms with van der Waals surface area (Å²) in [4.78, 5) is 14.5. The maximum absolute atomic E-state index is 12.9. The molecule has 0 aliphatic heterocycles. The van der Waals surface area contributed by atoms with E-state index in [4.69, 9.17) is 9.47 Å². The number of amides is 1. The number of allylic oxidation sites excluding steroid dienone is 1. The SMILES string of the molecule is COc1ccc(N(/C=C/[C@H](c2ccccc2)[Si](C)(C)C)C(=O)OC(C)(C)C)cc1. The zero-order valence-electron chi connectivity index (χ0n) is 18.6. The van der Waals surface area contributed by atoms with Gasteiger partial charge in [0.2, 0.25) is 0 Å². The summed E-state index contributed by atoms with van der Waals surface area (Å²) < 4.78 is 10.9. The third kappa shape index (κ3) is 6.78. The quantitative estimate of drug-likeness (QED) is 0.502. The maximum atomic E-state index is 12.9. The second-order valence-electron chi connectivity index (χ2n) is 9.14. The van der Waals surface area contributed by atoms with Gasteiger partial charge in [0.05, 0.1) is 20.9 Å². The molecule has 0 bridgehead atoms. The molecule has 2 rings (SSSR count). The molecular formula is C24H33NO3Si. The van der Waals surface area contributed by atoms with E-state index in [0.29, 0.717) is 0 Å². The molecule has 0 fully saturated rings. The Bertz CT molecular complexity index is 818. The van der Waals surface area contributed by atoms with Gasteiger partial charge in [0.25, 0.3) is 0 Å².